The van der Waals surface area contributed by atoms with Crippen LogP contribution in [0.2, 0.25) is 0 Å². The van der Waals surface area contributed by atoms with Gasteiger partial charge < -0.3 is 9.88 Å². The minimum Gasteiger partial charge on any atom is -0.355 e. The van der Waals surface area contributed by atoms with E-state index in [0.717, 1.165) is 12.4 Å². The quantitative estimate of drug-likeness (QED) is 0.892. The smallest absolute Gasteiger partial charge is 0.216 e. The van der Waals surface area contributed by atoms with Crippen molar-refractivity contribution in [2.24, 2.45) is 0 Å². The second-order valence-electron chi connectivity index (χ2n) is 4.59. The zero-order valence-corrected chi connectivity index (χ0v) is 11.3. The molecule has 0 aliphatic heterocycles. The summed E-state index contributed by atoms with van der Waals surface area (Å²) in [6.45, 7) is 5.04. The molecule has 4 nitrogen and oxygen atoms in total. The highest BCUT2D eigenvalue weighted by Gasteiger charge is 2.13. The van der Waals surface area contributed by atoms with Gasteiger partial charge in [0.05, 0.1) is 0 Å². The Bertz CT molecular complexity index is 533. The van der Waals surface area contributed by atoms with Crippen LogP contribution in [0, 0.1) is 0 Å². The van der Waals surface area contributed by atoms with Crippen molar-refractivity contribution in [2.45, 2.75) is 26.3 Å². The number of benzene rings is 1. The van der Waals surface area contributed by atoms with Crippen molar-refractivity contribution in [3.05, 3.63) is 54.1 Å². The van der Waals surface area contributed by atoms with E-state index in [0.29, 0.717) is 6.54 Å². The lowest BCUT2D eigenvalue weighted by atomic mass is 10.0. The summed E-state index contributed by atoms with van der Waals surface area (Å²) >= 11 is 0. The van der Waals surface area contributed by atoms with Crippen LogP contribution in [0.4, 0.5) is 0 Å². The summed E-state index contributed by atoms with van der Waals surface area (Å²) in [5, 5.41) is 2.80. The largest absolute Gasteiger partial charge is 0.355 e. The van der Waals surface area contributed by atoms with Crippen LogP contribution in [0.1, 0.15) is 31.2 Å². The van der Waals surface area contributed by atoms with E-state index in [4.69, 9.17) is 0 Å². The predicted molar refractivity (Wildman–Crippen MR) is 74.9 cm³/mol. The lowest BCUT2D eigenvalue weighted by molar-refractivity contribution is -0.118. The lowest BCUT2D eigenvalue weighted by Crippen LogP contribution is -2.25. The van der Waals surface area contributed by atoms with Gasteiger partial charge >= 0.3 is 0 Å². The first kappa shape index (κ1) is 13.3. The van der Waals surface area contributed by atoms with Gasteiger partial charge in [-0.15, -0.1) is 0 Å². The monoisotopic (exact) mass is 257 g/mol. The van der Waals surface area contributed by atoms with Crippen LogP contribution >= 0.6 is 0 Å². The van der Waals surface area contributed by atoms with E-state index >= 15 is 0 Å². The SMILES string of the molecule is CC(=O)NCCn1ccnc1[C@@H](C)c1ccccc1. The Morgan fingerprint density at radius 3 is 2.79 bits per heavy atom. The number of aromatic nitrogens is 2. The van der Waals surface area contributed by atoms with E-state index in [1.807, 2.05) is 30.6 Å². The normalized spacial score (nSPS) is 12.1. The van der Waals surface area contributed by atoms with E-state index < -0.39 is 0 Å². The van der Waals surface area contributed by atoms with Gasteiger partial charge in [0.15, 0.2) is 0 Å². The predicted octanol–water partition coefficient (Wildman–Crippen LogP) is 2.17. The zero-order chi connectivity index (χ0) is 13.7. The third-order valence-electron chi connectivity index (χ3n) is 3.16. The number of imidazole rings is 1. The summed E-state index contributed by atoms with van der Waals surface area (Å²) in [6, 6.07) is 10.3. The number of carbonyl (C=O) groups excluding carboxylic acids is 1. The average molecular weight is 257 g/mol. The fourth-order valence-corrected chi connectivity index (χ4v) is 2.13. The van der Waals surface area contributed by atoms with E-state index in [1.54, 1.807) is 0 Å². The van der Waals surface area contributed by atoms with Gasteiger partial charge in [-0.3, -0.25) is 4.79 Å². The van der Waals surface area contributed by atoms with E-state index in [-0.39, 0.29) is 11.8 Å². The third kappa shape index (κ3) is 3.44. The fraction of sp³-hybridized carbons (Fsp3) is 0.333. The first-order chi connectivity index (χ1) is 9.18. The summed E-state index contributed by atoms with van der Waals surface area (Å²) in [5.74, 6) is 1.27. The first-order valence-corrected chi connectivity index (χ1v) is 6.49. The Balaban J connectivity index is 2.08. The van der Waals surface area contributed by atoms with Gasteiger partial charge in [-0.1, -0.05) is 37.3 Å². The highest BCUT2D eigenvalue weighted by atomic mass is 16.1. The molecule has 19 heavy (non-hydrogen) atoms. The fourth-order valence-electron chi connectivity index (χ4n) is 2.13. The molecule has 0 radical (unpaired) electrons. The molecule has 0 saturated heterocycles. The molecule has 0 spiro atoms. The van der Waals surface area contributed by atoms with Crippen molar-refractivity contribution in [3.8, 4) is 0 Å². The molecule has 100 valence electrons. The molecular formula is C15H19N3O. The number of nitrogens with zero attached hydrogens (tertiary/aromatic N) is 2. The van der Waals surface area contributed by atoms with Crippen LogP contribution in [0.25, 0.3) is 0 Å². The molecule has 1 aromatic carbocycles. The molecule has 1 N–H and O–H groups in total. The van der Waals surface area contributed by atoms with E-state index in [1.165, 1.54) is 12.5 Å². The van der Waals surface area contributed by atoms with Crippen molar-refractivity contribution in [2.75, 3.05) is 6.54 Å². The maximum atomic E-state index is 10.9. The summed E-state index contributed by atoms with van der Waals surface area (Å²) in [6.07, 6.45) is 3.76. The van der Waals surface area contributed by atoms with Crippen molar-refractivity contribution in [1.82, 2.24) is 14.9 Å². The number of nitrogens with one attached hydrogen (secondary N) is 1. The van der Waals surface area contributed by atoms with Crippen LogP contribution in [-0.2, 0) is 11.3 Å². The maximum absolute atomic E-state index is 10.9. The minimum atomic E-state index is -0.00206. The van der Waals surface area contributed by atoms with Gasteiger partial charge in [-0.25, -0.2) is 4.98 Å². The second-order valence-corrected chi connectivity index (χ2v) is 4.59. The van der Waals surface area contributed by atoms with Gasteiger partial charge in [-0.2, -0.15) is 0 Å². The zero-order valence-electron chi connectivity index (χ0n) is 11.3. The number of rotatable bonds is 5. The molecule has 0 saturated carbocycles. The van der Waals surface area contributed by atoms with Gasteiger partial charge in [0, 0.05) is 38.3 Å². The molecule has 0 fully saturated rings. The standard InChI is InChI=1S/C15H19N3O/c1-12(14-6-4-3-5-7-14)15-17-9-11-18(15)10-8-16-13(2)19/h3-7,9,11-12H,8,10H2,1-2H3,(H,16,19)/t12-/m0/s1. The molecule has 4 heteroatoms. The van der Waals surface area contributed by atoms with Crippen molar-refractivity contribution in [3.63, 3.8) is 0 Å². The maximum Gasteiger partial charge on any atom is 0.216 e. The number of carbonyl (C=O) groups is 1. The topological polar surface area (TPSA) is 46.9 Å². The molecule has 0 aliphatic rings. The van der Waals surface area contributed by atoms with E-state index in [9.17, 15) is 4.79 Å². The molecule has 0 bridgehead atoms. The lowest BCUT2D eigenvalue weighted by Gasteiger charge is -2.14. The van der Waals surface area contributed by atoms with Gasteiger partial charge in [-0.05, 0) is 5.56 Å². The Morgan fingerprint density at radius 1 is 1.37 bits per heavy atom. The van der Waals surface area contributed by atoms with Crippen LogP contribution in [0.5, 0.6) is 0 Å². The highest BCUT2D eigenvalue weighted by Crippen LogP contribution is 2.22. The van der Waals surface area contributed by atoms with Crippen molar-refractivity contribution >= 4 is 5.91 Å². The number of amides is 1. The Hall–Kier alpha value is -2.10. The van der Waals surface area contributed by atoms with Crippen LogP contribution in [0.3, 0.4) is 0 Å². The van der Waals surface area contributed by atoms with Crippen LogP contribution < -0.4 is 5.32 Å². The first-order valence-electron chi connectivity index (χ1n) is 6.49. The molecule has 1 aromatic heterocycles. The van der Waals surface area contributed by atoms with Gasteiger partial charge in [0.1, 0.15) is 5.82 Å². The Morgan fingerprint density at radius 2 is 2.11 bits per heavy atom. The number of hydrogen-bond acceptors (Lipinski definition) is 2. The second kappa shape index (κ2) is 6.18. The summed E-state index contributed by atoms with van der Waals surface area (Å²) < 4.78 is 2.09. The highest BCUT2D eigenvalue weighted by molar-refractivity contribution is 5.72. The number of hydrogen-bond donors (Lipinski definition) is 1. The van der Waals surface area contributed by atoms with Crippen LogP contribution in [-0.4, -0.2) is 22.0 Å². The molecule has 0 aliphatic carbocycles. The molecule has 1 amide bonds. The molecule has 2 aromatic rings. The Kier molecular flexibility index (Phi) is 4.34. The molecule has 0 unspecified atom stereocenters. The summed E-state index contributed by atoms with van der Waals surface area (Å²) in [4.78, 5) is 15.3. The molecule has 2 rings (SSSR count). The van der Waals surface area contributed by atoms with Crippen molar-refractivity contribution < 1.29 is 4.79 Å². The van der Waals surface area contributed by atoms with E-state index in [2.05, 4.69) is 33.9 Å². The summed E-state index contributed by atoms with van der Waals surface area (Å²) in [5.41, 5.74) is 1.24. The molecular weight excluding hydrogens is 238 g/mol. The third-order valence-corrected chi connectivity index (χ3v) is 3.16. The van der Waals surface area contributed by atoms with Crippen molar-refractivity contribution in [1.29, 1.82) is 0 Å². The summed E-state index contributed by atoms with van der Waals surface area (Å²) in [7, 11) is 0. The Labute approximate surface area is 113 Å². The van der Waals surface area contributed by atoms with Gasteiger partial charge in [0.25, 0.3) is 0 Å². The molecule has 1 atom stereocenters. The minimum absolute atomic E-state index is 0.00206. The average Bonchev–Trinajstić information content (AvgIpc) is 2.87. The van der Waals surface area contributed by atoms with Gasteiger partial charge in [0.2, 0.25) is 5.91 Å². The van der Waals surface area contributed by atoms with Crippen LogP contribution in [0.15, 0.2) is 42.7 Å². The molecule has 1 heterocycles.